The molecule has 4 rings (SSSR count). The Morgan fingerprint density at radius 1 is 1.19 bits per heavy atom. The van der Waals surface area contributed by atoms with Gasteiger partial charge in [-0.3, -0.25) is 4.79 Å². The molecule has 32 heavy (non-hydrogen) atoms. The van der Waals surface area contributed by atoms with Gasteiger partial charge in [0.05, 0.1) is 21.6 Å². The lowest BCUT2D eigenvalue weighted by Crippen LogP contribution is -2.20. The van der Waals surface area contributed by atoms with E-state index in [4.69, 9.17) is 16.3 Å². The number of rotatable bonds is 5. The molecule has 0 N–H and O–H groups in total. The van der Waals surface area contributed by atoms with E-state index in [0.29, 0.717) is 43.1 Å². The molecular formula is C23H15Br2ClFN3O2. The minimum absolute atomic E-state index is 0.0122. The van der Waals surface area contributed by atoms with Crippen LogP contribution in [0, 0.1) is 12.7 Å². The van der Waals surface area contributed by atoms with Crippen LogP contribution >= 0.6 is 43.5 Å². The van der Waals surface area contributed by atoms with Gasteiger partial charge < -0.3 is 4.74 Å². The van der Waals surface area contributed by atoms with Gasteiger partial charge in [-0.2, -0.15) is 9.78 Å². The molecule has 0 aliphatic carbocycles. The van der Waals surface area contributed by atoms with Gasteiger partial charge in [0.15, 0.2) is 0 Å². The van der Waals surface area contributed by atoms with Crippen LogP contribution < -0.4 is 10.3 Å². The molecular weight excluding hydrogens is 565 g/mol. The summed E-state index contributed by atoms with van der Waals surface area (Å²) in [5, 5.41) is 5.22. The number of halogens is 4. The van der Waals surface area contributed by atoms with Crippen LogP contribution in [0.15, 0.2) is 73.4 Å². The van der Waals surface area contributed by atoms with Crippen LogP contribution in [-0.2, 0) is 6.61 Å². The van der Waals surface area contributed by atoms with Crippen LogP contribution in [0.5, 0.6) is 5.75 Å². The first-order valence-electron chi connectivity index (χ1n) is 9.42. The van der Waals surface area contributed by atoms with Crippen LogP contribution in [0.2, 0.25) is 5.02 Å². The van der Waals surface area contributed by atoms with Crippen molar-refractivity contribution in [1.29, 1.82) is 0 Å². The van der Waals surface area contributed by atoms with Gasteiger partial charge in [-0.05, 0) is 59.3 Å². The summed E-state index contributed by atoms with van der Waals surface area (Å²) in [6.07, 6.45) is 1.47. The number of hydrogen-bond donors (Lipinski definition) is 0. The molecule has 1 aromatic heterocycles. The standard InChI is InChI=1S/C23H15Br2ClFN3O2/c1-13-29-21-7-6-16(24)9-18(21)23(31)30(13)28-11-15-8-17(26)10-19(25)22(15)32-12-14-4-2-3-5-20(14)27/h2-11H,12H2,1H3. The van der Waals surface area contributed by atoms with Gasteiger partial charge in [-0.25, -0.2) is 9.37 Å². The summed E-state index contributed by atoms with van der Waals surface area (Å²) in [6.45, 7) is 1.71. The first-order chi connectivity index (χ1) is 15.3. The molecule has 9 heteroatoms. The molecule has 0 amide bonds. The largest absolute Gasteiger partial charge is 0.487 e. The van der Waals surface area contributed by atoms with Gasteiger partial charge in [0.25, 0.3) is 5.56 Å². The highest BCUT2D eigenvalue weighted by Crippen LogP contribution is 2.32. The number of hydrogen-bond acceptors (Lipinski definition) is 4. The van der Waals surface area contributed by atoms with Crippen LogP contribution in [0.3, 0.4) is 0 Å². The fraction of sp³-hybridized carbons (Fsp3) is 0.0870. The first-order valence-corrected chi connectivity index (χ1v) is 11.4. The molecule has 5 nitrogen and oxygen atoms in total. The van der Waals surface area contributed by atoms with E-state index in [9.17, 15) is 9.18 Å². The number of aryl methyl sites for hydroxylation is 1. The fourth-order valence-corrected chi connectivity index (χ4v) is 4.42. The lowest BCUT2D eigenvalue weighted by molar-refractivity contribution is 0.297. The van der Waals surface area contributed by atoms with E-state index in [-0.39, 0.29) is 18.0 Å². The van der Waals surface area contributed by atoms with E-state index >= 15 is 0 Å². The molecule has 0 radical (unpaired) electrons. The molecule has 3 aromatic carbocycles. The summed E-state index contributed by atoms with van der Waals surface area (Å²) in [5.74, 6) is 0.489. The molecule has 0 spiro atoms. The van der Waals surface area contributed by atoms with Crippen LogP contribution in [0.4, 0.5) is 4.39 Å². The van der Waals surface area contributed by atoms with Gasteiger partial charge in [-0.15, -0.1) is 0 Å². The third-order valence-corrected chi connectivity index (χ3v) is 5.95. The molecule has 0 aliphatic heterocycles. The van der Waals surface area contributed by atoms with E-state index < -0.39 is 0 Å². The zero-order chi connectivity index (χ0) is 22.8. The average molecular weight is 580 g/mol. The summed E-state index contributed by atoms with van der Waals surface area (Å²) in [6, 6.07) is 15.0. The highest BCUT2D eigenvalue weighted by atomic mass is 79.9. The predicted octanol–water partition coefficient (Wildman–Crippen LogP) is 6.48. The van der Waals surface area contributed by atoms with Gasteiger partial charge in [-0.1, -0.05) is 45.7 Å². The lowest BCUT2D eigenvalue weighted by atomic mass is 10.2. The first kappa shape index (κ1) is 22.6. The number of fused-ring (bicyclic) bond motifs is 1. The Morgan fingerprint density at radius 2 is 1.97 bits per heavy atom. The second-order valence-corrected chi connectivity index (χ2v) is 9.07. The zero-order valence-corrected chi connectivity index (χ0v) is 20.6. The van der Waals surface area contributed by atoms with Crippen molar-refractivity contribution < 1.29 is 9.13 Å². The molecule has 0 bridgehead atoms. The second-order valence-electron chi connectivity index (χ2n) is 6.87. The third-order valence-electron chi connectivity index (χ3n) is 4.65. The average Bonchev–Trinajstić information content (AvgIpc) is 2.74. The Bertz CT molecular complexity index is 1420. The van der Waals surface area contributed by atoms with Crippen molar-refractivity contribution >= 4 is 60.6 Å². The van der Waals surface area contributed by atoms with Crippen molar-refractivity contribution in [3.8, 4) is 5.75 Å². The van der Waals surface area contributed by atoms with E-state index in [0.717, 1.165) is 4.47 Å². The van der Waals surface area contributed by atoms with Crippen LogP contribution in [0.1, 0.15) is 17.0 Å². The normalized spacial score (nSPS) is 11.4. The van der Waals surface area contributed by atoms with E-state index in [1.54, 1.807) is 49.4 Å². The van der Waals surface area contributed by atoms with E-state index in [1.807, 2.05) is 6.07 Å². The maximum absolute atomic E-state index is 14.0. The Hall–Kier alpha value is -2.55. The van der Waals surface area contributed by atoms with Crippen molar-refractivity contribution in [2.24, 2.45) is 5.10 Å². The van der Waals surface area contributed by atoms with Crippen molar-refractivity contribution in [2.75, 3.05) is 0 Å². The molecule has 0 aliphatic rings. The lowest BCUT2D eigenvalue weighted by Gasteiger charge is -2.13. The Morgan fingerprint density at radius 3 is 2.75 bits per heavy atom. The third kappa shape index (κ3) is 4.77. The highest BCUT2D eigenvalue weighted by Gasteiger charge is 2.12. The fourth-order valence-electron chi connectivity index (χ4n) is 3.11. The van der Waals surface area contributed by atoms with Crippen LogP contribution in [0.25, 0.3) is 10.9 Å². The summed E-state index contributed by atoms with van der Waals surface area (Å²) in [7, 11) is 0. The van der Waals surface area contributed by atoms with Gasteiger partial charge >= 0.3 is 0 Å². The molecule has 162 valence electrons. The highest BCUT2D eigenvalue weighted by molar-refractivity contribution is 9.10. The van der Waals surface area contributed by atoms with E-state index in [2.05, 4.69) is 41.9 Å². The molecule has 0 unspecified atom stereocenters. The Kier molecular flexibility index (Phi) is 6.74. The Balaban J connectivity index is 1.73. The number of nitrogens with zero attached hydrogens (tertiary/aromatic N) is 3. The SMILES string of the molecule is Cc1nc2ccc(Br)cc2c(=O)n1N=Cc1cc(Cl)cc(Br)c1OCc1ccccc1F. The van der Waals surface area contributed by atoms with Crippen LogP contribution in [-0.4, -0.2) is 15.9 Å². The minimum atomic E-state index is -0.358. The molecule has 0 atom stereocenters. The number of ether oxygens (including phenoxy) is 1. The van der Waals surface area contributed by atoms with Gasteiger partial charge in [0.1, 0.15) is 24.0 Å². The number of benzene rings is 3. The Labute approximate surface area is 204 Å². The predicted molar refractivity (Wildman–Crippen MR) is 131 cm³/mol. The maximum Gasteiger partial charge on any atom is 0.282 e. The van der Waals surface area contributed by atoms with Crippen molar-refractivity contribution in [1.82, 2.24) is 9.66 Å². The molecule has 1 heterocycles. The topological polar surface area (TPSA) is 56.5 Å². The summed E-state index contributed by atoms with van der Waals surface area (Å²) >= 11 is 13.0. The van der Waals surface area contributed by atoms with E-state index in [1.165, 1.54) is 17.0 Å². The quantitative estimate of drug-likeness (QED) is 0.254. The number of aromatic nitrogens is 2. The molecule has 0 saturated heterocycles. The summed E-state index contributed by atoms with van der Waals surface area (Å²) in [5.41, 5.74) is 1.21. The second kappa shape index (κ2) is 9.52. The maximum atomic E-state index is 14.0. The monoisotopic (exact) mass is 577 g/mol. The summed E-state index contributed by atoms with van der Waals surface area (Å²) in [4.78, 5) is 17.4. The molecule has 0 saturated carbocycles. The van der Waals surface area contributed by atoms with Crippen molar-refractivity contribution in [3.05, 3.63) is 102 Å². The van der Waals surface area contributed by atoms with Crippen molar-refractivity contribution in [3.63, 3.8) is 0 Å². The molecule has 0 fully saturated rings. The van der Waals surface area contributed by atoms with Gasteiger partial charge in [0.2, 0.25) is 0 Å². The molecule has 4 aromatic rings. The smallest absolute Gasteiger partial charge is 0.282 e. The minimum Gasteiger partial charge on any atom is -0.487 e. The van der Waals surface area contributed by atoms with Gasteiger partial charge in [0, 0.05) is 20.6 Å². The zero-order valence-electron chi connectivity index (χ0n) is 16.7. The van der Waals surface area contributed by atoms with Crippen molar-refractivity contribution in [2.45, 2.75) is 13.5 Å². The summed E-state index contributed by atoms with van der Waals surface area (Å²) < 4.78 is 22.4.